The summed E-state index contributed by atoms with van der Waals surface area (Å²) in [5.74, 6) is 0.835. The summed E-state index contributed by atoms with van der Waals surface area (Å²) in [6, 6.07) is 16.0. The van der Waals surface area contributed by atoms with Crippen molar-refractivity contribution < 1.29 is 13.6 Å². The summed E-state index contributed by atoms with van der Waals surface area (Å²) < 4.78 is 18.6. The van der Waals surface area contributed by atoms with Gasteiger partial charge in [-0.15, -0.1) is 11.8 Å². The molecule has 1 aromatic heterocycles. The molecule has 1 N–H and O–H groups in total. The Labute approximate surface area is 144 Å². The molecule has 3 aromatic rings. The number of hydrogen-bond acceptors (Lipinski definition) is 3. The highest BCUT2D eigenvalue weighted by molar-refractivity contribution is 8.00. The number of benzene rings is 2. The molecule has 2 aromatic carbocycles. The Morgan fingerprint density at radius 1 is 1.21 bits per heavy atom. The van der Waals surface area contributed by atoms with E-state index in [2.05, 4.69) is 5.32 Å². The number of thioether (sulfide) groups is 1. The van der Waals surface area contributed by atoms with Gasteiger partial charge in [0.25, 0.3) is 0 Å². The van der Waals surface area contributed by atoms with Gasteiger partial charge < -0.3 is 9.73 Å². The van der Waals surface area contributed by atoms with Gasteiger partial charge in [-0.05, 0) is 43.3 Å². The van der Waals surface area contributed by atoms with E-state index in [9.17, 15) is 9.18 Å². The van der Waals surface area contributed by atoms with Crippen molar-refractivity contribution >= 4 is 28.6 Å². The van der Waals surface area contributed by atoms with Crippen LogP contribution in [0.3, 0.4) is 0 Å². The Morgan fingerprint density at radius 2 is 1.96 bits per heavy atom. The molecule has 0 saturated heterocycles. The predicted octanol–water partition coefficient (Wildman–Crippen LogP) is 4.41. The topological polar surface area (TPSA) is 42.2 Å². The highest BCUT2D eigenvalue weighted by atomic mass is 32.2. The second kappa shape index (κ2) is 7.53. The van der Waals surface area contributed by atoms with Gasteiger partial charge >= 0.3 is 0 Å². The van der Waals surface area contributed by atoms with E-state index in [1.165, 1.54) is 23.9 Å². The predicted molar refractivity (Wildman–Crippen MR) is 94.6 cm³/mol. The van der Waals surface area contributed by atoms with Crippen molar-refractivity contribution in [1.29, 1.82) is 0 Å². The maximum atomic E-state index is 12.8. The minimum Gasteiger partial charge on any atom is -0.461 e. The monoisotopic (exact) mass is 343 g/mol. The molecule has 0 fully saturated rings. The van der Waals surface area contributed by atoms with E-state index in [1.54, 1.807) is 12.1 Å². The minimum absolute atomic E-state index is 0.0214. The zero-order valence-electron chi connectivity index (χ0n) is 13.3. The number of halogens is 1. The quantitative estimate of drug-likeness (QED) is 0.674. The normalized spacial score (nSPS) is 12.2. The number of furan rings is 1. The van der Waals surface area contributed by atoms with Gasteiger partial charge in [0, 0.05) is 22.7 Å². The lowest BCUT2D eigenvalue weighted by Crippen LogP contribution is -2.35. The second-order valence-corrected chi connectivity index (χ2v) is 6.71. The molecule has 3 nitrogen and oxygen atoms in total. The minimum atomic E-state index is -0.275. The van der Waals surface area contributed by atoms with Gasteiger partial charge in [-0.2, -0.15) is 0 Å². The fourth-order valence-corrected chi connectivity index (χ4v) is 3.20. The molecule has 0 unspecified atom stereocenters. The molecule has 0 bridgehead atoms. The molecule has 0 saturated carbocycles. The van der Waals surface area contributed by atoms with Gasteiger partial charge in [0.05, 0.1) is 5.75 Å². The number of hydrogen-bond donors (Lipinski definition) is 1. The molecule has 0 spiro atoms. The molecule has 0 radical (unpaired) electrons. The summed E-state index contributed by atoms with van der Waals surface area (Å²) >= 11 is 1.39. The van der Waals surface area contributed by atoms with E-state index in [-0.39, 0.29) is 17.8 Å². The van der Waals surface area contributed by atoms with Crippen LogP contribution in [0, 0.1) is 5.82 Å². The first kappa shape index (κ1) is 16.6. The van der Waals surface area contributed by atoms with E-state index in [0.29, 0.717) is 12.2 Å². The number of rotatable bonds is 6. The molecule has 1 atom stereocenters. The zero-order valence-corrected chi connectivity index (χ0v) is 14.1. The van der Waals surface area contributed by atoms with Crippen molar-refractivity contribution in [3.63, 3.8) is 0 Å². The Kier molecular flexibility index (Phi) is 5.20. The molecule has 124 valence electrons. The van der Waals surface area contributed by atoms with E-state index in [1.807, 2.05) is 37.3 Å². The fraction of sp³-hybridized carbons (Fsp3) is 0.211. The smallest absolute Gasteiger partial charge is 0.230 e. The van der Waals surface area contributed by atoms with Crippen LogP contribution in [0.4, 0.5) is 4.39 Å². The molecule has 1 amide bonds. The molecular formula is C19H18FNO2S. The number of carbonyl (C=O) groups is 1. The highest BCUT2D eigenvalue weighted by Crippen LogP contribution is 2.20. The third-order valence-corrected chi connectivity index (χ3v) is 4.59. The van der Waals surface area contributed by atoms with Crippen molar-refractivity contribution in [2.45, 2.75) is 24.3 Å². The van der Waals surface area contributed by atoms with E-state index in [4.69, 9.17) is 4.42 Å². The average Bonchev–Trinajstić information content (AvgIpc) is 2.96. The van der Waals surface area contributed by atoms with Crippen LogP contribution in [0.1, 0.15) is 12.7 Å². The van der Waals surface area contributed by atoms with Crippen molar-refractivity contribution in [3.8, 4) is 0 Å². The Hall–Kier alpha value is -2.27. The summed E-state index contributed by atoms with van der Waals surface area (Å²) in [7, 11) is 0. The standard InChI is InChI=1S/C19H18FNO2S/c1-13(10-16-11-14-4-2-3-5-18(14)23-16)21-19(22)12-24-17-8-6-15(20)7-9-17/h2-9,11,13H,10,12H2,1H3,(H,21,22)/t13-/m1/s1. The zero-order chi connectivity index (χ0) is 16.9. The van der Waals surface area contributed by atoms with Gasteiger partial charge in [-0.1, -0.05) is 18.2 Å². The summed E-state index contributed by atoms with van der Waals surface area (Å²) in [6.07, 6.45) is 0.641. The Balaban J connectivity index is 1.49. The fourth-order valence-electron chi connectivity index (χ4n) is 2.49. The van der Waals surface area contributed by atoms with Crippen LogP contribution in [0.25, 0.3) is 11.0 Å². The third kappa shape index (κ3) is 4.38. The summed E-state index contributed by atoms with van der Waals surface area (Å²) in [4.78, 5) is 12.9. The van der Waals surface area contributed by atoms with Gasteiger partial charge in [-0.25, -0.2) is 4.39 Å². The van der Waals surface area contributed by atoms with Crippen LogP contribution < -0.4 is 5.32 Å². The maximum Gasteiger partial charge on any atom is 0.230 e. The summed E-state index contributed by atoms with van der Waals surface area (Å²) in [5, 5.41) is 4.03. The van der Waals surface area contributed by atoms with Gasteiger partial charge in [0.15, 0.2) is 0 Å². The van der Waals surface area contributed by atoms with Crippen molar-refractivity contribution in [2.75, 3.05) is 5.75 Å². The van der Waals surface area contributed by atoms with Crippen LogP contribution in [0.2, 0.25) is 0 Å². The first-order chi connectivity index (χ1) is 11.6. The highest BCUT2D eigenvalue weighted by Gasteiger charge is 2.11. The second-order valence-electron chi connectivity index (χ2n) is 5.67. The van der Waals surface area contributed by atoms with Crippen molar-refractivity contribution in [2.24, 2.45) is 0 Å². The molecule has 24 heavy (non-hydrogen) atoms. The summed E-state index contributed by atoms with van der Waals surface area (Å²) in [5.41, 5.74) is 0.859. The molecular weight excluding hydrogens is 325 g/mol. The average molecular weight is 343 g/mol. The molecule has 1 heterocycles. The van der Waals surface area contributed by atoms with Crippen molar-refractivity contribution in [1.82, 2.24) is 5.32 Å². The third-order valence-electron chi connectivity index (χ3n) is 3.57. The van der Waals surface area contributed by atoms with Gasteiger partial charge in [0.1, 0.15) is 17.2 Å². The van der Waals surface area contributed by atoms with Crippen LogP contribution in [-0.4, -0.2) is 17.7 Å². The largest absolute Gasteiger partial charge is 0.461 e. The van der Waals surface area contributed by atoms with Crippen molar-refractivity contribution in [3.05, 3.63) is 66.2 Å². The number of carbonyl (C=O) groups excluding carboxylic acids is 1. The van der Waals surface area contributed by atoms with Crippen LogP contribution in [-0.2, 0) is 11.2 Å². The van der Waals surface area contributed by atoms with E-state index in [0.717, 1.165) is 21.6 Å². The van der Waals surface area contributed by atoms with Crippen LogP contribution in [0.15, 0.2) is 63.9 Å². The van der Waals surface area contributed by atoms with Crippen LogP contribution >= 0.6 is 11.8 Å². The molecule has 5 heteroatoms. The lowest BCUT2D eigenvalue weighted by Gasteiger charge is -2.12. The lowest BCUT2D eigenvalue weighted by atomic mass is 10.2. The molecule has 0 aliphatic rings. The maximum absolute atomic E-state index is 12.8. The molecule has 0 aliphatic carbocycles. The SMILES string of the molecule is C[C@H](Cc1cc2ccccc2o1)NC(=O)CSc1ccc(F)cc1. The van der Waals surface area contributed by atoms with Gasteiger partial charge in [0.2, 0.25) is 5.91 Å². The number of para-hydroxylation sites is 1. The lowest BCUT2D eigenvalue weighted by molar-refractivity contribution is -0.119. The number of amides is 1. The summed E-state index contributed by atoms with van der Waals surface area (Å²) in [6.45, 7) is 1.95. The van der Waals surface area contributed by atoms with E-state index >= 15 is 0 Å². The molecule has 0 aliphatic heterocycles. The number of fused-ring (bicyclic) bond motifs is 1. The van der Waals surface area contributed by atoms with E-state index < -0.39 is 0 Å². The first-order valence-electron chi connectivity index (χ1n) is 7.75. The number of nitrogens with one attached hydrogen (secondary N) is 1. The molecule has 3 rings (SSSR count). The first-order valence-corrected chi connectivity index (χ1v) is 8.74. The Bertz CT molecular complexity index is 796. The van der Waals surface area contributed by atoms with Crippen LogP contribution in [0.5, 0.6) is 0 Å². The Morgan fingerprint density at radius 3 is 2.71 bits per heavy atom. The van der Waals surface area contributed by atoms with Gasteiger partial charge in [-0.3, -0.25) is 4.79 Å².